The molecule has 2 heterocycles. The monoisotopic (exact) mass is 489 g/mol. The quantitative estimate of drug-likeness (QED) is 0.536. The van der Waals surface area contributed by atoms with Gasteiger partial charge >= 0.3 is 0 Å². The van der Waals surface area contributed by atoms with Gasteiger partial charge in [-0.1, -0.05) is 42.5 Å². The van der Waals surface area contributed by atoms with Crippen LogP contribution in [0.5, 0.6) is 5.75 Å². The number of nitriles is 2. The number of anilines is 1. The Bertz CT molecular complexity index is 1330. The molecule has 8 rings (SSSR count). The molecule has 37 heavy (non-hydrogen) atoms. The fourth-order valence-corrected chi connectivity index (χ4v) is 9.15. The second-order valence-corrected chi connectivity index (χ2v) is 12.1. The van der Waals surface area contributed by atoms with Crippen LogP contribution >= 0.6 is 0 Å². The predicted octanol–water partition coefficient (Wildman–Crippen LogP) is 5.88. The molecule has 4 bridgehead atoms. The number of Topliss-reactive ketones (excluding diaryl/α,β-unsaturated/α-hetero) is 1. The summed E-state index contributed by atoms with van der Waals surface area (Å²) in [7, 11) is 1.63. The van der Waals surface area contributed by atoms with E-state index in [-0.39, 0.29) is 11.2 Å². The van der Waals surface area contributed by atoms with E-state index >= 15 is 4.79 Å². The Morgan fingerprint density at radius 3 is 2.16 bits per heavy atom. The van der Waals surface area contributed by atoms with Crippen LogP contribution in [0.2, 0.25) is 0 Å². The fraction of sp³-hybridized carbons (Fsp3) is 0.469. The number of carbonyl (C=O) groups excluding carboxylic acids is 1. The van der Waals surface area contributed by atoms with Crippen LogP contribution < -0.4 is 9.64 Å². The summed E-state index contributed by atoms with van der Waals surface area (Å²) >= 11 is 0. The van der Waals surface area contributed by atoms with Gasteiger partial charge in [0.15, 0.2) is 11.2 Å². The van der Waals surface area contributed by atoms with Gasteiger partial charge in [-0.05, 0) is 85.6 Å². The van der Waals surface area contributed by atoms with E-state index in [0.717, 1.165) is 36.1 Å². The molecular formula is C32H31N3O2. The van der Waals surface area contributed by atoms with E-state index in [4.69, 9.17) is 4.74 Å². The lowest BCUT2D eigenvalue weighted by atomic mass is 9.47. The Labute approximate surface area is 218 Å². The topological polar surface area (TPSA) is 77.1 Å². The third kappa shape index (κ3) is 3.04. The molecular weight excluding hydrogens is 458 g/mol. The third-order valence-corrected chi connectivity index (χ3v) is 10.2. The van der Waals surface area contributed by atoms with Crippen molar-refractivity contribution in [1.29, 1.82) is 10.5 Å². The molecule has 2 aromatic carbocycles. The zero-order chi connectivity index (χ0) is 25.4. The van der Waals surface area contributed by atoms with Gasteiger partial charge in [0.2, 0.25) is 0 Å². The average molecular weight is 490 g/mol. The average Bonchev–Trinajstić information content (AvgIpc) is 3.23. The molecule has 4 saturated carbocycles. The maximum Gasteiger partial charge on any atom is 0.176 e. The molecule has 0 amide bonds. The molecule has 2 aromatic rings. The standard InChI is InChI=1S/C32H31N3O2/c1-37-25-9-6-24(7-10-25)28-29(30(36)31-15-20-12-21(16-31)14-22(13-20)17-31)35-26-5-3-2-4-23(26)8-11-27(35)32(28,18-33)19-34/h2-11,20-22,27-29H,12-17H2,1H3/t20?,21?,22?,27-,28+,29+,31?/m0/s1. The van der Waals surface area contributed by atoms with Crippen LogP contribution in [0.25, 0.3) is 6.08 Å². The molecule has 6 aliphatic rings. The number of para-hydroxylation sites is 1. The van der Waals surface area contributed by atoms with Gasteiger partial charge in [-0.2, -0.15) is 10.5 Å². The van der Waals surface area contributed by atoms with Crippen molar-refractivity contribution in [3.8, 4) is 17.9 Å². The lowest BCUT2D eigenvalue weighted by Gasteiger charge is -2.57. The molecule has 4 aliphatic carbocycles. The maximum absolute atomic E-state index is 15.1. The van der Waals surface area contributed by atoms with Crippen molar-refractivity contribution in [1.82, 2.24) is 0 Å². The molecule has 2 aliphatic heterocycles. The summed E-state index contributed by atoms with van der Waals surface area (Å²) in [5.41, 5.74) is 1.10. The van der Waals surface area contributed by atoms with Gasteiger partial charge in [-0.15, -0.1) is 0 Å². The van der Waals surface area contributed by atoms with Gasteiger partial charge in [-0.25, -0.2) is 0 Å². The number of nitrogens with zero attached hydrogens (tertiary/aromatic N) is 3. The normalized spacial score (nSPS) is 35.8. The van der Waals surface area contributed by atoms with E-state index < -0.39 is 23.4 Å². The first-order valence-corrected chi connectivity index (χ1v) is 13.6. The van der Waals surface area contributed by atoms with E-state index in [1.165, 1.54) is 19.3 Å². The first kappa shape index (κ1) is 22.6. The van der Waals surface area contributed by atoms with Crippen LogP contribution in [0.1, 0.15) is 55.6 Å². The molecule has 1 saturated heterocycles. The Morgan fingerprint density at radius 2 is 1.57 bits per heavy atom. The number of hydrogen-bond acceptors (Lipinski definition) is 5. The molecule has 3 atom stereocenters. The second-order valence-electron chi connectivity index (χ2n) is 12.1. The molecule has 186 valence electrons. The number of carbonyl (C=O) groups is 1. The lowest BCUT2D eigenvalue weighted by molar-refractivity contribution is -0.145. The van der Waals surface area contributed by atoms with Gasteiger partial charge in [0.05, 0.1) is 31.3 Å². The van der Waals surface area contributed by atoms with E-state index in [2.05, 4.69) is 23.1 Å². The highest BCUT2D eigenvalue weighted by Crippen LogP contribution is 2.63. The van der Waals surface area contributed by atoms with E-state index in [0.29, 0.717) is 23.5 Å². The number of ketones is 1. The molecule has 0 spiro atoms. The van der Waals surface area contributed by atoms with E-state index in [1.807, 2.05) is 54.6 Å². The van der Waals surface area contributed by atoms with Crippen LogP contribution in [0.4, 0.5) is 5.69 Å². The van der Waals surface area contributed by atoms with Crippen molar-refractivity contribution in [3.63, 3.8) is 0 Å². The summed E-state index contributed by atoms with van der Waals surface area (Å²) in [5.74, 6) is 2.32. The predicted molar refractivity (Wildman–Crippen MR) is 141 cm³/mol. The van der Waals surface area contributed by atoms with Crippen molar-refractivity contribution >= 4 is 17.5 Å². The second kappa shape index (κ2) is 7.96. The number of benzene rings is 2. The van der Waals surface area contributed by atoms with Gasteiger partial charge in [0, 0.05) is 17.0 Å². The Balaban J connectivity index is 1.43. The molecule has 0 aromatic heterocycles. The number of fused-ring (bicyclic) bond motifs is 3. The van der Waals surface area contributed by atoms with Gasteiger partial charge in [0.25, 0.3) is 0 Å². The molecule has 5 fully saturated rings. The van der Waals surface area contributed by atoms with Crippen LogP contribution in [0, 0.1) is 51.2 Å². The summed E-state index contributed by atoms with van der Waals surface area (Å²) in [6, 6.07) is 19.6. The Kier molecular flexibility index (Phi) is 4.87. The third-order valence-electron chi connectivity index (χ3n) is 10.2. The highest BCUT2D eigenvalue weighted by atomic mass is 16.5. The molecule has 0 N–H and O–H groups in total. The van der Waals surface area contributed by atoms with Crippen LogP contribution in [-0.2, 0) is 4.79 Å². The molecule has 0 radical (unpaired) electrons. The van der Waals surface area contributed by atoms with Gasteiger partial charge < -0.3 is 9.64 Å². The van der Waals surface area contributed by atoms with Crippen molar-refractivity contribution in [3.05, 3.63) is 65.7 Å². The number of ether oxygens (including phenoxy) is 1. The summed E-state index contributed by atoms with van der Waals surface area (Å²) in [5, 5.41) is 21.4. The van der Waals surface area contributed by atoms with Crippen molar-refractivity contribution in [2.75, 3.05) is 12.0 Å². The van der Waals surface area contributed by atoms with Crippen LogP contribution in [-0.4, -0.2) is 25.0 Å². The van der Waals surface area contributed by atoms with Crippen LogP contribution in [0.3, 0.4) is 0 Å². The number of rotatable bonds is 4. The van der Waals surface area contributed by atoms with Crippen molar-refractivity contribution in [2.24, 2.45) is 28.6 Å². The Morgan fingerprint density at radius 1 is 0.946 bits per heavy atom. The van der Waals surface area contributed by atoms with Gasteiger partial charge in [-0.3, -0.25) is 4.79 Å². The highest BCUT2D eigenvalue weighted by Gasteiger charge is 2.66. The number of methoxy groups -OCH3 is 1. The fourth-order valence-electron chi connectivity index (χ4n) is 9.15. The first-order chi connectivity index (χ1) is 18.0. The Hall–Kier alpha value is -3.57. The molecule has 0 unspecified atom stereocenters. The minimum atomic E-state index is -1.39. The lowest BCUT2D eigenvalue weighted by Crippen LogP contribution is -2.56. The van der Waals surface area contributed by atoms with Crippen molar-refractivity contribution in [2.45, 2.75) is 56.5 Å². The highest BCUT2D eigenvalue weighted by molar-refractivity contribution is 5.97. The van der Waals surface area contributed by atoms with Gasteiger partial charge in [0.1, 0.15) is 5.75 Å². The minimum Gasteiger partial charge on any atom is -0.497 e. The SMILES string of the molecule is COc1ccc([C@@H]2[C@H](C(=O)C34CC5CC(CC(C5)C3)C4)N3c4ccccc4C=C[C@H]3C2(C#N)C#N)cc1. The summed E-state index contributed by atoms with van der Waals surface area (Å²) in [6.45, 7) is 0. The van der Waals surface area contributed by atoms with Crippen molar-refractivity contribution < 1.29 is 9.53 Å². The van der Waals surface area contributed by atoms with E-state index in [9.17, 15) is 10.5 Å². The molecule has 5 nitrogen and oxygen atoms in total. The van der Waals surface area contributed by atoms with Crippen LogP contribution in [0.15, 0.2) is 54.6 Å². The number of hydrogen-bond donors (Lipinski definition) is 0. The smallest absolute Gasteiger partial charge is 0.176 e. The summed E-state index contributed by atoms with van der Waals surface area (Å²) < 4.78 is 5.40. The maximum atomic E-state index is 15.1. The zero-order valence-corrected chi connectivity index (χ0v) is 21.1. The summed E-state index contributed by atoms with van der Waals surface area (Å²) in [6.07, 6.45) is 10.7. The van der Waals surface area contributed by atoms with E-state index in [1.54, 1.807) is 7.11 Å². The largest absolute Gasteiger partial charge is 0.497 e. The summed E-state index contributed by atoms with van der Waals surface area (Å²) in [4.78, 5) is 17.2. The first-order valence-electron chi connectivity index (χ1n) is 13.6. The minimum absolute atomic E-state index is 0.259. The molecule has 5 heteroatoms. The zero-order valence-electron chi connectivity index (χ0n) is 21.1.